The van der Waals surface area contributed by atoms with Gasteiger partial charge in [0.1, 0.15) is 11.3 Å². The van der Waals surface area contributed by atoms with Crippen molar-refractivity contribution < 1.29 is 27.6 Å². The molecule has 1 aliphatic heterocycles. The summed E-state index contributed by atoms with van der Waals surface area (Å²) in [6, 6.07) is 9.05. The molecule has 1 unspecified atom stereocenters. The second-order valence-corrected chi connectivity index (χ2v) is 8.21. The molecule has 1 aromatic heterocycles. The van der Waals surface area contributed by atoms with Gasteiger partial charge in [-0.15, -0.1) is 0 Å². The van der Waals surface area contributed by atoms with Crippen molar-refractivity contribution in [1.29, 1.82) is 0 Å². The Hall–Kier alpha value is -1.90. The predicted molar refractivity (Wildman–Crippen MR) is 100 cm³/mol. The van der Waals surface area contributed by atoms with Crippen molar-refractivity contribution in [3.05, 3.63) is 59.4 Å². The fourth-order valence-corrected chi connectivity index (χ4v) is 3.00. The van der Waals surface area contributed by atoms with Gasteiger partial charge >= 0.3 is 13.3 Å². The fraction of sp³-hybridized carbons (Fsp3) is 0.450. The summed E-state index contributed by atoms with van der Waals surface area (Å²) in [5, 5.41) is 10.9. The van der Waals surface area contributed by atoms with Crippen LogP contribution in [-0.2, 0) is 21.1 Å². The van der Waals surface area contributed by atoms with Crippen LogP contribution in [0.3, 0.4) is 0 Å². The van der Waals surface area contributed by atoms with Gasteiger partial charge in [-0.1, -0.05) is 24.3 Å². The minimum absolute atomic E-state index is 0.109. The zero-order valence-electron chi connectivity index (χ0n) is 16.5. The van der Waals surface area contributed by atoms with E-state index in [1.807, 2.05) is 27.7 Å². The van der Waals surface area contributed by atoms with Crippen molar-refractivity contribution in [3.63, 3.8) is 0 Å². The van der Waals surface area contributed by atoms with E-state index in [1.165, 1.54) is 13.0 Å². The molecule has 28 heavy (non-hydrogen) atoms. The van der Waals surface area contributed by atoms with Gasteiger partial charge in [0.05, 0.1) is 11.2 Å². The molecule has 1 saturated heterocycles. The summed E-state index contributed by atoms with van der Waals surface area (Å²) in [4.78, 5) is 3.34. The highest BCUT2D eigenvalue weighted by Gasteiger charge is 2.51. The molecular formula is C20H23BF3NO3. The minimum atomic E-state index is -4.58. The second-order valence-electron chi connectivity index (χ2n) is 8.21. The molecule has 0 radical (unpaired) electrons. The summed E-state index contributed by atoms with van der Waals surface area (Å²) < 4.78 is 50.8. The molecule has 2 heterocycles. The molecule has 3 rings (SSSR count). The standard InChI is InChI=1S/C20H23BF3NO3/c1-17(2)18(3,4)28-21(27-17)15-8-6-13(7-9-15)19(5,26)14-10-11-25-16(12-14)20(22,23)24/h6-12,26H,1-5H3. The van der Waals surface area contributed by atoms with Crippen LogP contribution in [0, 0.1) is 0 Å². The number of hydrogen-bond donors (Lipinski definition) is 1. The number of aromatic nitrogens is 1. The first-order valence-corrected chi connectivity index (χ1v) is 8.96. The largest absolute Gasteiger partial charge is 0.494 e. The molecule has 2 aromatic rings. The molecule has 1 N–H and O–H groups in total. The normalized spacial score (nSPS) is 20.8. The molecular weight excluding hydrogens is 370 g/mol. The Balaban J connectivity index is 1.87. The number of hydrogen-bond acceptors (Lipinski definition) is 4. The van der Waals surface area contributed by atoms with E-state index in [1.54, 1.807) is 24.3 Å². The number of pyridine rings is 1. The first kappa shape index (κ1) is 20.8. The van der Waals surface area contributed by atoms with Gasteiger partial charge in [0.15, 0.2) is 0 Å². The maximum absolute atomic E-state index is 12.9. The summed E-state index contributed by atoms with van der Waals surface area (Å²) >= 11 is 0. The van der Waals surface area contributed by atoms with Gasteiger partial charge < -0.3 is 14.4 Å². The number of benzene rings is 1. The molecule has 0 saturated carbocycles. The van der Waals surface area contributed by atoms with Crippen molar-refractivity contribution in [3.8, 4) is 0 Å². The summed E-state index contributed by atoms with van der Waals surface area (Å²) in [5.74, 6) is 0. The van der Waals surface area contributed by atoms with Crippen molar-refractivity contribution in [2.24, 2.45) is 0 Å². The quantitative estimate of drug-likeness (QED) is 0.809. The third-order valence-corrected chi connectivity index (χ3v) is 5.61. The lowest BCUT2D eigenvalue weighted by molar-refractivity contribution is -0.141. The Kier molecular flexibility index (Phi) is 4.89. The van der Waals surface area contributed by atoms with Crippen LogP contribution in [0.25, 0.3) is 0 Å². The third-order valence-electron chi connectivity index (χ3n) is 5.61. The van der Waals surface area contributed by atoms with Gasteiger partial charge in [0.2, 0.25) is 0 Å². The van der Waals surface area contributed by atoms with Gasteiger partial charge in [-0.05, 0) is 63.3 Å². The van der Waals surface area contributed by atoms with Crippen molar-refractivity contribution in [1.82, 2.24) is 4.98 Å². The lowest BCUT2D eigenvalue weighted by Gasteiger charge is -2.32. The Bertz CT molecular complexity index is 848. The molecule has 0 aliphatic carbocycles. The van der Waals surface area contributed by atoms with E-state index >= 15 is 0 Å². The zero-order chi connectivity index (χ0) is 21.0. The van der Waals surface area contributed by atoms with Crippen LogP contribution in [-0.4, -0.2) is 28.4 Å². The number of aliphatic hydroxyl groups is 1. The average Bonchev–Trinajstić information content (AvgIpc) is 2.82. The summed E-state index contributed by atoms with van der Waals surface area (Å²) in [6.45, 7) is 9.26. The minimum Gasteiger partial charge on any atom is -0.399 e. The summed E-state index contributed by atoms with van der Waals surface area (Å²) in [7, 11) is -0.554. The highest BCUT2D eigenvalue weighted by Crippen LogP contribution is 2.37. The Morgan fingerprint density at radius 3 is 1.96 bits per heavy atom. The van der Waals surface area contributed by atoms with E-state index in [0.717, 1.165) is 17.7 Å². The zero-order valence-corrected chi connectivity index (χ0v) is 16.5. The molecule has 1 aliphatic rings. The molecule has 4 nitrogen and oxygen atoms in total. The number of nitrogens with zero attached hydrogens (tertiary/aromatic N) is 1. The third kappa shape index (κ3) is 3.68. The highest BCUT2D eigenvalue weighted by molar-refractivity contribution is 6.62. The number of halogens is 3. The monoisotopic (exact) mass is 393 g/mol. The van der Waals surface area contributed by atoms with Gasteiger partial charge in [0.25, 0.3) is 0 Å². The summed E-state index contributed by atoms with van der Waals surface area (Å²) in [5.41, 5.74) is -2.29. The molecule has 0 bridgehead atoms. The number of rotatable bonds is 3. The van der Waals surface area contributed by atoms with E-state index < -0.39 is 35.8 Å². The van der Waals surface area contributed by atoms with E-state index in [0.29, 0.717) is 5.56 Å². The molecule has 1 fully saturated rings. The summed E-state index contributed by atoms with van der Waals surface area (Å²) in [6.07, 6.45) is -3.53. The molecule has 1 atom stereocenters. The smallest absolute Gasteiger partial charge is 0.399 e. The second kappa shape index (κ2) is 6.57. The number of alkyl halides is 3. The fourth-order valence-electron chi connectivity index (χ4n) is 3.00. The molecule has 0 spiro atoms. The van der Waals surface area contributed by atoms with Crippen LogP contribution in [0.2, 0.25) is 0 Å². The van der Waals surface area contributed by atoms with Gasteiger partial charge in [-0.25, -0.2) is 0 Å². The highest BCUT2D eigenvalue weighted by atomic mass is 19.4. The Morgan fingerprint density at radius 1 is 0.929 bits per heavy atom. The van der Waals surface area contributed by atoms with Crippen LogP contribution in [0.15, 0.2) is 42.6 Å². The SMILES string of the molecule is CC(O)(c1ccc(B2OC(C)(C)C(C)(C)O2)cc1)c1ccnc(C(F)(F)F)c1. The van der Waals surface area contributed by atoms with Gasteiger partial charge in [0, 0.05) is 6.20 Å². The first-order valence-electron chi connectivity index (χ1n) is 8.96. The van der Waals surface area contributed by atoms with Crippen LogP contribution in [0.5, 0.6) is 0 Å². The van der Waals surface area contributed by atoms with E-state index in [9.17, 15) is 18.3 Å². The maximum Gasteiger partial charge on any atom is 0.494 e. The molecule has 1 aromatic carbocycles. The van der Waals surface area contributed by atoms with E-state index in [-0.39, 0.29) is 5.56 Å². The van der Waals surface area contributed by atoms with Gasteiger partial charge in [-0.3, -0.25) is 4.98 Å². The van der Waals surface area contributed by atoms with Crippen LogP contribution in [0.1, 0.15) is 51.4 Å². The van der Waals surface area contributed by atoms with Crippen LogP contribution < -0.4 is 5.46 Å². The Morgan fingerprint density at radius 2 is 1.46 bits per heavy atom. The lowest BCUT2D eigenvalue weighted by Crippen LogP contribution is -2.41. The van der Waals surface area contributed by atoms with Crippen LogP contribution in [0.4, 0.5) is 13.2 Å². The maximum atomic E-state index is 12.9. The molecule has 150 valence electrons. The van der Waals surface area contributed by atoms with Gasteiger partial charge in [-0.2, -0.15) is 13.2 Å². The predicted octanol–water partition coefficient (Wildman–Crippen LogP) is 3.66. The van der Waals surface area contributed by atoms with Crippen molar-refractivity contribution >= 4 is 12.6 Å². The average molecular weight is 393 g/mol. The lowest BCUT2D eigenvalue weighted by atomic mass is 9.77. The van der Waals surface area contributed by atoms with E-state index in [4.69, 9.17) is 9.31 Å². The molecule has 8 heteroatoms. The van der Waals surface area contributed by atoms with Crippen molar-refractivity contribution in [2.45, 2.75) is 57.6 Å². The Labute approximate surface area is 162 Å². The topological polar surface area (TPSA) is 51.6 Å². The van der Waals surface area contributed by atoms with Crippen LogP contribution >= 0.6 is 0 Å². The van der Waals surface area contributed by atoms with Crippen molar-refractivity contribution in [2.75, 3.05) is 0 Å². The van der Waals surface area contributed by atoms with E-state index in [2.05, 4.69) is 4.98 Å². The molecule has 0 amide bonds. The first-order chi connectivity index (χ1) is 12.7.